The van der Waals surface area contributed by atoms with E-state index in [1.807, 2.05) is 0 Å². The molecule has 31 heavy (non-hydrogen) atoms. The Bertz CT molecular complexity index is 1010. The van der Waals surface area contributed by atoms with Crippen LogP contribution in [-0.4, -0.2) is 0 Å². The normalized spacial score (nSPS) is 16.5. The molecule has 0 heterocycles. The van der Waals surface area contributed by atoms with Crippen LogP contribution in [0.1, 0.15) is 57.3 Å². The van der Waals surface area contributed by atoms with Crippen LogP contribution in [0.25, 0.3) is 6.08 Å². The van der Waals surface area contributed by atoms with E-state index in [0.29, 0.717) is 0 Å². The molecule has 0 spiro atoms. The van der Waals surface area contributed by atoms with E-state index in [1.165, 1.54) is 50.1 Å². The number of halogens is 3. The standard InChI is InChI=1S/C27H27.3ClH.Ti/c1-17-10-18(2)13-23(12-17)27(24-14-19(3)11-20(4)15-24)26-21(5)16-22-8-6-7-9-25(22)26;;;;/h6-16,27H,1-5H3;3*1H;. The van der Waals surface area contributed by atoms with Crippen LogP contribution in [0, 0.1) is 27.7 Å². The maximum absolute atomic E-state index is 2.44. The molecule has 4 rings (SSSR count). The second-order valence-corrected chi connectivity index (χ2v) is 9.73. The van der Waals surface area contributed by atoms with Crippen LogP contribution in [0.4, 0.5) is 0 Å². The Balaban J connectivity index is 0.00000160. The summed E-state index contributed by atoms with van der Waals surface area (Å²) >= 11 is 2.44. The second-order valence-electron chi connectivity index (χ2n) is 8.50. The molecular formula is C27H30Cl3Ti. The number of allylic oxidation sites excluding steroid dienone is 1. The average Bonchev–Trinajstić information content (AvgIpc) is 2.85. The van der Waals surface area contributed by atoms with Crippen molar-refractivity contribution in [3.63, 3.8) is 0 Å². The topological polar surface area (TPSA) is 0 Å². The first kappa shape index (κ1) is 28.0. The zero-order valence-electron chi connectivity index (χ0n) is 18.7. The van der Waals surface area contributed by atoms with Gasteiger partial charge in [0.15, 0.2) is 0 Å². The van der Waals surface area contributed by atoms with Crippen molar-refractivity contribution >= 4 is 43.3 Å². The third-order valence-electron chi connectivity index (χ3n) is 5.97. The molecule has 0 bridgehead atoms. The van der Waals surface area contributed by atoms with E-state index in [0.717, 1.165) is 0 Å². The summed E-state index contributed by atoms with van der Waals surface area (Å²) in [5.41, 5.74) is 12.4. The van der Waals surface area contributed by atoms with Gasteiger partial charge in [0.05, 0.1) is 0 Å². The Hall–Kier alpha value is -1.02. The van der Waals surface area contributed by atoms with Crippen molar-refractivity contribution in [1.29, 1.82) is 0 Å². The molecule has 1 unspecified atom stereocenters. The summed E-state index contributed by atoms with van der Waals surface area (Å²) in [6.45, 7) is 11.1. The van der Waals surface area contributed by atoms with Crippen molar-refractivity contribution in [1.82, 2.24) is 0 Å². The van der Waals surface area contributed by atoms with Gasteiger partial charge in [0.25, 0.3) is 0 Å². The van der Waals surface area contributed by atoms with E-state index in [9.17, 15) is 0 Å². The molecule has 0 aromatic heterocycles. The minimum absolute atomic E-state index is 0. The zero-order valence-corrected chi connectivity index (χ0v) is 22.7. The van der Waals surface area contributed by atoms with Crippen LogP contribution >= 0.6 is 37.2 Å². The third-order valence-corrected chi connectivity index (χ3v) is 7.45. The monoisotopic (exact) mass is 507 g/mol. The molecule has 0 saturated heterocycles. The Labute approximate surface area is 217 Å². The molecule has 0 fully saturated rings. The van der Waals surface area contributed by atoms with Gasteiger partial charge in [-0.05, 0) is 0 Å². The number of hydrogen-bond donors (Lipinski definition) is 0. The predicted molar refractivity (Wildman–Crippen MR) is 137 cm³/mol. The van der Waals surface area contributed by atoms with Gasteiger partial charge in [0, 0.05) is 0 Å². The second kappa shape index (κ2) is 10.7. The van der Waals surface area contributed by atoms with Crippen LogP contribution in [0.3, 0.4) is 0 Å². The van der Waals surface area contributed by atoms with Gasteiger partial charge in [0.1, 0.15) is 0 Å². The smallest absolute Gasteiger partial charge is 0.147 e. The first-order valence-corrected chi connectivity index (χ1v) is 10.8. The predicted octanol–water partition coefficient (Wildman–Crippen LogP) is 8.18. The fraction of sp³-hybridized carbons (Fsp3) is 0.259. The first-order valence-electron chi connectivity index (χ1n) is 9.98. The van der Waals surface area contributed by atoms with E-state index in [1.54, 1.807) is 0 Å². The molecule has 0 aliphatic heterocycles. The molecule has 163 valence electrons. The Morgan fingerprint density at radius 2 is 1.06 bits per heavy atom. The molecule has 1 atom stereocenters. The molecule has 0 saturated carbocycles. The molecule has 0 radical (unpaired) electrons. The van der Waals surface area contributed by atoms with E-state index < -0.39 is 0 Å². The van der Waals surface area contributed by atoms with Crippen molar-refractivity contribution in [3.8, 4) is 0 Å². The van der Waals surface area contributed by atoms with Gasteiger partial charge in [-0.15, -0.1) is 37.2 Å². The van der Waals surface area contributed by atoms with Crippen molar-refractivity contribution in [2.24, 2.45) is 0 Å². The fourth-order valence-electron chi connectivity index (χ4n) is 4.97. The third kappa shape index (κ3) is 5.16. The van der Waals surface area contributed by atoms with Crippen molar-refractivity contribution in [3.05, 3.63) is 111 Å². The molecule has 3 aromatic carbocycles. The summed E-state index contributed by atoms with van der Waals surface area (Å²) in [6, 6.07) is 23.0. The van der Waals surface area contributed by atoms with Crippen LogP contribution < -0.4 is 0 Å². The summed E-state index contributed by atoms with van der Waals surface area (Å²) < 4.78 is -0.0585. The molecule has 0 N–H and O–H groups in total. The summed E-state index contributed by atoms with van der Waals surface area (Å²) in [7, 11) is 0. The van der Waals surface area contributed by atoms with Gasteiger partial charge < -0.3 is 0 Å². The number of fused-ring (bicyclic) bond motifs is 1. The van der Waals surface area contributed by atoms with Crippen molar-refractivity contribution in [2.75, 3.05) is 0 Å². The van der Waals surface area contributed by atoms with Gasteiger partial charge in [-0.2, -0.15) is 0 Å². The number of aryl methyl sites for hydroxylation is 4. The van der Waals surface area contributed by atoms with Gasteiger partial charge >= 0.3 is 182 Å². The molecule has 1 aliphatic rings. The first-order chi connectivity index (χ1) is 13.3. The number of benzene rings is 3. The number of rotatable bonds is 3. The molecular weight excluding hydrogens is 479 g/mol. The Morgan fingerprint density at radius 1 is 0.645 bits per heavy atom. The van der Waals surface area contributed by atoms with Gasteiger partial charge in [-0.1, -0.05) is 0 Å². The Kier molecular flexibility index (Phi) is 9.70. The van der Waals surface area contributed by atoms with Crippen LogP contribution in [0.5, 0.6) is 0 Å². The zero-order chi connectivity index (χ0) is 20.1. The summed E-state index contributed by atoms with van der Waals surface area (Å²) in [4.78, 5) is 0. The van der Waals surface area contributed by atoms with E-state index in [-0.39, 0.29) is 46.9 Å². The molecule has 0 amide bonds. The number of hydrogen-bond acceptors (Lipinski definition) is 0. The molecule has 3 aromatic rings. The minimum Gasteiger partial charge on any atom is -0.147 e. The maximum atomic E-state index is 2.44. The SMILES string of the molecule is CC1=Cc2ccccc2[C]1([Ti])C(c1cc(C)cc(C)c1)c1cc(C)cc(C)c1.Cl.Cl.Cl. The van der Waals surface area contributed by atoms with Gasteiger partial charge in [0.2, 0.25) is 0 Å². The summed E-state index contributed by atoms with van der Waals surface area (Å²) in [6.07, 6.45) is 2.38. The van der Waals surface area contributed by atoms with Crippen LogP contribution in [0.15, 0.2) is 66.2 Å². The van der Waals surface area contributed by atoms with Crippen molar-refractivity contribution in [2.45, 2.75) is 44.3 Å². The molecule has 0 nitrogen and oxygen atoms in total. The minimum atomic E-state index is -0.0585. The average molecular weight is 509 g/mol. The van der Waals surface area contributed by atoms with E-state index in [4.69, 9.17) is 0 Å². The van der Waals surface area contributed by atoms with Crippen LogP contribution in [-0.2, 0) is 24.2 Å². The molecule has 4 heteroatoms. The summed E-state index contributed by atoms with van der Waals surface area (Å²) in [5.74, 6) is 0.282. The quantitative estimate of drug-likeness (QED) is 0.313. The van der Waals surface area contributed by atoms with Crippen LogP contribution in [0.2, 0.25) is 0 Å². The molecule has 1 aliphatic carbocycles. The summed E-state index contributed by atoms with van der Waals surface area (Å²) in [5, 5.41) is 0. The fourth-order valence-corrected chi connectivity index (χ4v) is 5.96. The maximum Gasteiger partial charge on any atom is -0.147 e. The Morgan fingerprint density at radius 3 is 1.52 bits per heavy atom. The van der Waals surface area contributed by atoms with Gasteiger partial charge in [-0.3, -0.25) is 0 Å². The van der Waals surface area contributed by atoms with E-state index in [2.05, 4.69) is 122 Å². The van der Waals surface area contributed by atoms with Gasteiger partial charge in [-0.25, -0.2) is 0 Å². The largest absolute Gasteiger partial charge is 0.147 e. The van der Waals surface area contributed by atoms with Crippen molar-refractivity contribution < 1.29 is 20.4 Å². The van der Waals surface area contributed by atoms with E-state index >= 15 is 0 Å².